The highest BCUT2D eigenvalue weighted by Crippen LogP contribution is 2.20. The molecule has 0 aliphatic carbocycles. The average molecular weight is 389 g/mol. The highest BCUT2D eigenvalue weighted by atomic mass is 32.2. The molecule has 6 heteroatoms. The molecule has 0 spiro atoms. The van der Waals surface area contributed by atoms with Gasteiger partial charge in [0.05, 0.1) is 4.90 Å². The number of hydrogen-bond donors (Lipinski definition) is 1. The zero-order valence-electron chi connectivity index (χ0n) is 16.4. The zero-order valence-corrected chi connectivity index (χ0v) is 17.2. The minimum absolute atomic E-state index is 0.107. The molecule has 27 heavy (non-hydrogen) atoms. The molecule has 0 atom stereocenters. The lowest BCUT2D eigenvalue weighted by molar-refractivity contribution is 0.0793. The van der Waals surface area contributed by atoms with E-state index >= 15 is 0 Å². The third-order valence-corrected chi connectivity index (χ3v) is 5.83. The molecule has 0 aliphatic heterocycles. The Balaban J connectivity index is 2.11. The Morgan fingerprint density at radius 1 is 1.04 bits per heavy atom. The molecular formula is C21H28N2O3S. The van der Waals surface area contributed by atoms with Crippen LogP contribution in [0.4, 0.5) is 5.69 Å². The van der Waals surface area contributed by atoms with Crippen LogP contribution in [0.15, 0.2) is 53.4 Å². The van der Waals surface area contributed by atoms with E-state index in [1.54, 1.807) is 36.2 Å². The van der Waals surface area contributed by atoms with Crippen LogP contribution in [0.5, 0.6) is 0 Å². The average Bonchev–Trinajstić information content (AvgIpc) is 2.65. The summed E-state index contributed by atoms with van der Waals surface area (Å²) in [7, 11) is -1.94. The highest BCUT2D eigenvalue weighted by Gasteiger charge is 2.16. The SMILES string of the molecule is CCCCN(C)C(=O)c1ccc(S(=O)(=O)Nc2ccc(C(C)C)cc2)cc1. The second-order valence-corrected chi connectivity index (χ2v) is 8.67. The molecule has 2 aromatic carbocycles. The lowest BCUT2D eigenvalue weighted by Gasteiger charge is -2.17. The van der Waals surface area contributed by atoms with Crippen molar-refractivity contribution < 1.29 is 13.2 Å². The number of anilines is 1. The molecular weight excluding hydrogens is 360 g/mol. The molecule has 0 bridgehead atoms. The van der Waals surface area contributed by atoms with Gasteiger partial charge in [0.25, 0.3) is 15.9 Å². The van der Waals surface area contributed by atoms with E-state index in [0.29, 0.717) is 23.7 Å². The maximum Gasteiger partial charge on any atom is 0.261 e. The van der Waals surface area contributed by atoms with E-state index in [4.69, 9.17) is 0 Å². The van der Waals surface area contributed by atoms with Crippen LogP contribution in [0.25, 0.3) is 0 Å². The Morgan fingerprint density at radius 3 is 2.15 bits per heavy atom. The topological polar surface area (TPSA) is 66.5 Å². The largest absolute Gasteiger partial charge is 0.342 e. The van der Waals surface area contributed by atoms with Crippen LogP contribution >= 0.6 is 0 Å². The Hall–Kier alpha value is -2.34. The fourth-order valence-electron chi connectivity index (χ4n) is 2.64. The first kappa shape index (κ1) is 21.0. The predicted molar refractivity (Wildman–Crippen MR) is 110 cm³/mol. The fraction of sp³-hybridized carbons (Fsp3) is 0.381. The molecule has 0 aliphatic rings. The first-order valence-electron chi connectivity index (χ1n) is 9.23. The lowest BCUT2D eigenvalue weighted by atomic mass is 10.0. The number of hydrogen-bond acceptors (Lipinski definition) is 3. The number of rotatable bonds is 8. The summed E-state index contributed by atoms with van der Waals surface area (Å²) in [5.41, 5.74) is 2.14. The number of benzene rings is 2. The highest BCUT2D eigenvalue weighted by molar-refractivity contribution is 7.92. The number of nitrogens with one attached hydrogen (secondary N) is 1. The van der Waals surface area contributed by atoms with Gasteiger partial charge < -0.3 is 4.90 Å². The molecule has 0 saturated heterocycles. The quantitative estimate of drug-likeness (QED) is 0.725. The van der Waals surface area contributed by atoms with Gasteiger partial charge in [0.15, 0.2) is 0 Å². The van der Waals surface area contributed by atoms with Gasteiger partial charge >= 0.3 is 0 Å². The van der Waals surface area contributed by atoms with E-state index in [1.165, 1.54) is 12.1 Å². The Morgan fingerprint density at radius 2 is 1.63 bits per heavy atom. The second kappa shape index (κ2) is 9.04. The third kappa shape index (κ3) is 5.57. The van der Waals surface area contributed by atoms with Crippen LogP contribution in [0.3, 0.4) is 0 Å². The molecule has 0 unspecified atom stereocenters. The van der Waals surface area contributed by atoms with Crippen LogP contribution in [-0.2, 0) is 10.0 Å². The molecule has 0 fully saturated rings. The maximum absolute atomic E-state index is 12.6. The molecule has 0 aromatic heterocycles. The van der Waals surface area contributed by atoms with Crippen molar-refractivity contribution in [1.82, 2.24) is 4.90 Å². The van der Waals surface area contributed by atoms with Crippen molar-refractivity contribution in [2.45, 2.75) is 44.4 Å². The molecule has 2 rings (SSSR count). The van der Waals surface area contributed by atoms with Crippen molar-refractivity contribution in [1.29, 1.82) is 0 Å². The predicted octanol–water partition coefficient (Wildman–Crippen LogP) is 4.48. The van der Waals surface area contributed by atoms with Crippen LogP contribution < -0.4 is 4.72 Å². The number of carbonyl (C=O) groups is 1. The van der Waals surface area contributed by atoms with E-state index in [0.717, 1.165) is 18.4 Å². The van der Waals surface area contributed by atoms with Crippen molar-refractivity contribution in [3.8, 4) is 0 Å². The fourth-order valence-corrected chi connectivity index (χ4v) is 3.70. The van der Waals surface area contributed by atoms with E-state index in [1.807, 2.05) is 12.1 Å². The monoisotopic (exact) mass is 388 g/mol. The summed E-state index contributed by atoms with van der Waals surface area (Å²) < 4.78 is 27.7. The Kier molecular flexibility index (Phi) is 7.02. The van der Waals surface area contributed by atoms with E-state index in [-0.39, 0.29) is 10.8 Å². The normalized spacial score (nSPS) is 11.4. The van der Waals surface area contributed by atoms with Crippen molar-refractivity contribution in [3.63, 3.8) is 0 Å². The van der Waals surface area contributed by atoms with E-state index in [2.05, 4.69) is 25.5 Å². The van der Waals surface area contributed by atoms with Gasteiger partial charge in [-0.05, 0) is 54.3 Å². The first-order valence-corrected chi connectivity index (χ1v) is 10.7. The zero-order chi connectivity index (χ0) is 20.0. The second-order valence-electron chi connectivity index (χ2n) is 6.99. The van der Waals surface area contributed by atoms with Gasteiger partial charge in [-0.25, -0.2) is 8.42 Å². The molecule has 0 saturated carbocycles. The number of unbranched alkanes of at least 4 members (excludes halogenated alkanes) is 1. The smallest absolute Gasteiger partial charge is 0.261 e. The number of carbonyl (C=O) groups excluding carboxylic acids is 1. The van der Waals surface area contributed by atoms with Crippen LogP contribution in [-0.4, -0.2) is 32.8 Å². The minimum atomic E-state index is -3.70. The van der Waals surface area contributed by atoms with Crippen molar-refractivity contribution in [2.75, 3.05) is 18.3 Å². The van der Waals surface area contributed by atoms with Gasteiger partial charge in [-0.15, -0.1) is 0 Å². The maximum atomic E-state index is 12.6. The van der Waals surface area contributed by atoms with Gasteiger partial charge in [-0.2, -0.15) is 0 Å². The van der Waals surface area contributed by atoms with Gasteiger partial charge in [-0.1, -0.05) is 39.3 Å². The standard InChI is InChI=1S/C21H28N2O3S/c1-5-6-15-23(4)21(24)18-9-13-20(14-10-18)27(25,26)22-19-11-7-17(8-12-19)16(2)3/h7-14,16,22H,5-6,15H2,1-4H3. The molecule has 146 valence electrons. The van der Waals surface area contributed by atoms with E-state index < -0.39 is 10.0 Å². The van der Waals surface area contributed by atoms with Gasteiger partial charge in [-0.3, -0.25) is 9.52 Å². The van der Waals surface area contributed by atoms with Crippen LogP contribution in [0.2, 0.25) is 0 Å². The summed E-state index contributed by atoms with van der Waals surface area (Å²) in [4.78, 5) is 14.1. The Bertz CT molecular complexity index is 857. The van der Waals surface area contributed by atoms with Crippen LogP contribution in [0.1, 0.15) is 55.5 Å². The minimum Gasteiger partial charge on any atom is -0.342 e. The summed E-state index contributed by atoms with van der Waals surface area (Å²) in [6.45, 7) is 6.92. The number of nitrogens with zero attached hydrogens (tertiary/aromatic N) is 1. The van der Waals surface area contributed by atoms with Crippen molar-refractivity contribution in [2.24, 2.45) is 0 Å². The molecule has 5 nitrogen and oxygen atoms in total. The number of sulfonamides is 1. The molecule has 2 aromatic rings. The van der Waals surface area contributed by atoms with Crippen molar-refractivity contribution >= 4 is 21.6 Å². The summed E-state index contributed by atoms with van der Waals surface area (Å²) in [6.07, 6.45) is 1.95. The summed E-state index contributed by atoms with van der Waals surface area (Å²) in [6, 6.07) is 13.4. The van der Waals surface area contributed by atoms with Crippen LogP contribution in [0, 0.1) is 0 Å². The lowest BCUT2D eigenvalue weighted by Crippen LogP contribution is -2.27. The molecule has 0 heterocycles. The Labute approximate surface area is 162 Å². The molecule has 1 amide bonds. The number of amides is 1. The summed E-state index contributed by atoms with van der Waals surface area (Å²) in [5.74, 6) is 0.279. The molecule has 0 radical (unpaired) electrons. The van der Waals surface area contributed by atoms with Gasteiger partial charge in [0.2, 0.25) is 0 Å². The molecule has 1 N–H and O–H groups in total. The first-order chi connectivity index (χ1) is 12.7. The third-order valence-electron chi connectivity index (χ3n) is 4.43. The van der Waals surface area contributed by atoms with E-state index in [9.17, 15) is 13.2 Å². The van der Waals surface area contributed by atoms with Gasteiger partial charge in [0, 0.05) is 24.8 Å². The summed E-state index contributed by atoms with van der Waals surface area (Å²) in [5, 5.41) is 0. The van der Waals surface area contributed by atoms with Crippen molar-refractivity contribution in [3.05, 3.63) is 59.7 Å². The summed E-state index contributed by atoms with van der Waals surface area (Å²) >= 11 is 0. The van der Waals surface area contributed by atoms with Gasteiger partial charge in [0.1, 0.15) is 0 Å².